The first-order chi connectivity index (χ1) is 8.56. The molecule has 2 nitrogen and oxygen atoms in total. The number of nitrogen functional groups attached to an aromatic ring is 1. The number of nitrogens with two attached hydrogens (primary N) is 1. The summed E-state index contributed by atoms with van der Waals surface area (Å²) < 4.78 is 13.3. The Balaban J connectivity index is 2.10. The second-order valence-corrected chi connectivity index (χ2v) is 4.68. The summed E-state index contributed by atoms with van der Waals surface area (Å²) in [6.07, 6.45) is 0. The van der Waals surface area contributed by atoms with Crippen molar-refractivity contribution in [3.05, 3.63) is 57.8 Å². The SMILES string of the molecule is Nc1cc(Cl)c(F)cc1NCc1ccc(Cl)cc1. The van der Waals surface area contributed by atoms with Gasteiger partial charge in [0.25, 0.3) is 0 Å². The predicted molar refractivity (Wildman–Crippen MR) is 74.6 cm³/mol. The first-order valence-electron chi connectivity index (χ1n) is 5.29. The quantitative estimate of drug-likeness (QED) is 0.824. The minimum atomic E-state index is -0.496. The van der Waals surface area contributed by atoms with Gasteiger partial charge in [0.2, 0.25) is 0 Å². The maximum atomic E-state index is 13.3. The van der Waals surface area contributed by atoms with E-state index >= 15 is 0 Å². The van der Waals surface area contributed by atoms with Crippen LogP contribution in [0.3, 0.4) is 0 Å². The molecule has 2 rings (SSSR count). The molecular formula is C13H11Cl2FN2. The summed E-state index contributed by atoms with van der Waals surface area (Å²) in [7, 11) is 0. The lowest BCUT2D eigenvalue weighted by Gasteiger charge is -2.10. The van der Waals surface area contributed by atoms with Gasteiger partial charge in [-0.25, -0.2) is 4.39 Å². The zero-order valence-corrected chi connectivity index (χ0v) is 10.9. The van der Waals surface area contributed by atoms with Crippen molar-refractivity contribution in [2.45, 2.75) is 6.54 Å². The number of benzene rings is 2. The van der Waals surface area contributed by atoms with E-state index < -0.39 is 5.82 Å². The molecule has 0 saturated heterocycles. The molecule has 0 radical (unpaired) electrons. The molecule has 18 heavy (non-hydrogen) atoms. The van der Waals surface area contributed by atoms with Gasteiger partial charge >= 0.3 is 0 Å². The van der Waals surface area contributed by atoms with Gasteiger partial charge in [0, 0.05) is 17.6 Å². The molecule has 0 heterocycles. The van der Waals surface area contributed by atoms with Crippen molar-refractivity contribution in [2.75, 3.05) is 11.1 Å². The van der Waals surface area contributed by atoms with Crippen LogP contribution in [0.15, 0.2) is 36.4 Å². The second-order valence-electron chi connectivity index (χ2n) is 3.83. The average Bonchev–Trinajstić information content (AvgIpc) is 2.34. The molecule has 0 aliphatic heterocycles. The molecule has 0 amide bonds. The Labute approximate surface area is 115 Å². The highest BCUT2D eigenvalue weighted by Gasteiger charge is 2.05. The monoisotopic (exact) mass is 284 g/mol. The van der Waals surface area contributed by atoms with E-state index in [4.69, 9.17) is 28.9 Å². The number of hydrogen-bond donors (Lipinski definition) is 2. The topological polar surface area (TPSA) is 38.0 Å². The highest BCUT2D eigenvalue weighted by atomic mass is 35.5. The number of halogens is 3. The summed E-state index contributed by atoms with van der Waals surface area (Å²) in [6.45, 7) is 0.530. The van der Waals surface area contributed by atoms with E-state index in [-0.39, 0.29) is 5.02 Å². The third kappa shape index (κ3) is 3.06. The fourth-order valence-corrected chi connectivity index (χ4v) is 1.81. The Kier molecular flexibility index (Phi) is 3.94. The molecule has 0 aromatic heterocycles. The molecule has 94 valence electrons. The summed E-state index contributed by atoms with van der Waals surface area (Å²) >= 11 is 11.4. The van der Waals surface area contributed by atoms with Crippen LogP contribution in [0, 0.1) is 5.82 Å². The van der Waals surface area contributed by atoms with E-state index in [0.29, 0.717) is 22.9 Å². The number of anilines is 2. The standard InChI is InChI=1S/C13H11Cl2FN2/c14-9-3-1-8(2-4-9)7-18-13-6-11(16)10(15)5-12(13)17/h1-6,18H,7,17H2. The van der Waals surface area contributed by atoms with Crippen LogP contribution < -0.4 is 11.1 Å². The van der Waals surface area contributed by atoms with Crippen LogP contribution in [0.25, 0.3) is 0 Å². The summed E-state index contributed by atoms with van der Waals surface area (Å²) in [5.74, 6) is -0.496. The van der Waals surface area contributed by atoms with Gasteiger partial charge in [0.1, 0.15) is 5.82 Å². The van der Waals surface area contributed by atoms with Gasteiger partial charge < -0.3 is 11.1 Å². The highest BCUT2D eigenvalue weighted by molar-refractivity contribution is 6.31. The van der Waals surface area contributed by atoms with Crippen LogP contribution in [0.5, 0.6) is 0 Å². The van der Waals surface area contributed by atoms with Crippen LogP contribution >= 0.6 is 23.2 Å². The number of nitrogens with one attached hydrogen (secondary N) is 1. The lowest BCUT2D eigenvalue weighted by atomic mass is 10.2. The Hall–Kier alpha value is -1.45. The van der Waals surface area contributed by atoms with Crippen molar-refractivity contribution in [1.29, 1.82) is 0 Å². The zero-order valence-electron chi connectivity index (χ0n) is 9.38. The van der Waals surface area contributed by atoms with E-state index in [1.165, 1.54) is 12.1 Å². The molecule has 3 N–H and O–H groups in total. The minimum Gasteiger partial charge on any atom is -0.397 e. The van der Waals surface area contributed by atoms with Gasteiger partial charge in [0.15, 0.2) is 0 Å². The van der Waals surface area contributed by atoms with Crippen molar-refractivity contribution >= 4 is 34.6 Å². The molecule has 5 heteroatoms. The van der Waals surface area contributed by atoms with E-state index in [0.717, 1.165) is 5.56 Å². The first-order valence-corrected chi connectivity index (χ1v) is 6.04. The van der Waals surface area contributed by atoms with Gasteiger partial charge in [0.05, 0.1) is 16.4 Å². The molecule has 0 bridgehead atoms. The van der Waals surface area contributed by atoms with Crippen LogP contribution in [0.4, 0.5) is 15.8 Å². The maximum Gasteiger partial charge on any atom is 0.143 e. The van der Waals surface area contributed by atoms with Gasteiger partial charge in [-0.05, 0) is 23.8 Å². The number of rotatable bonds is 3. The van der Waals surface area contributed by atoms with Crippen molar-refractivity contribution in [2.24, 2.45) is 0 Å². The molecule has 0 aliphatic rings. The Morgan fingerprint density at radius 1 is 1.11 bits per heavy atom. The van der Waals surface area contributed by atoms with Gasteiger partial charge in [-0.1, -0.05) is 35.3 Å². The predicted octanol–water partition coefficient (Wildman–Crippen LogP) is 4.33. The summed E-state index contributed by atoms with van der Waals surface area (Å²) in [5, 5.41) is 3.74. The molecule has 0 unspecified atom stereocenters. The van der Waals surface area contributed by atoms with E-state index in [1.807, 2.05) is 12.1 Å². The van der Waals surface area contributed by atoms with Crippen molar-refractivity contribution in [3.63, 3.8) is 0 Å². The van der Waals surface area contributed by atoms with E-state index in [2.05, 4.69) is 5.32 Å². The highest BCUT2D eigenvalue weighted by Crippen LogP contribution is 2.26. The van der Waals surface area contributed by atoms with Crippen molar-refractivity contribution in [3.8, 4) is 0 Å². The Morgan fingerprint density at radius 3 is 2.44 bits per heavy atom. The van der Waals surface area contributed by atoms with Gasteiger partial charge in [-0.2, -0.15) is 0 Å². The van der Waals surface area contributed by atoms with Crippen LogP contribution in [0.1, 0.15) is 5.56 Å². The average molecular weight is 285 g/mol. The Morgan fingerprint density at radius 2 is 1.78 bits per heavy atom. The van der Waals surface area contributed by atoms with Crippen LogP contribution in [-0.2, 0) is 6.54 Å². The summed E-state index contributed by atoms with van der Waals surface area (Å²) in [4.78, 5) is 0. The van der Waals surface area contributed by atoms with Crippen molar-refractivity contribution < 1.29 is 4.39 Å². The smallest absolute Gasteiger partial charge is 0.143 e. The van der Waals surface area contributed by atoms with Gasteiger partial charge in [-0.15, -0.1) is 0 Å². The second kappa shape index (κ2) is 5.46. The lowest BCUT2D eigenvalue weighted by molar-refractivity contribution is 0.629. The van der Waals surface area contributed by atoms with E-state index in [9.17, 15) is 4.39 Å². The van der Waals surface area contributed by atoms with Gasteiger partial charge in [-0.3, -0.25) is 0 Å². The molecule has 0 aliphatic carbocycles. The van der Waals surface area contributed by atoms with Crippen LogP contribution in [-0.4, -0.2) is 0 Å². The normalized spacial score (nSPS) is 10.4. The molecule has 0 saturated carbocycles. The molecule has 0 spiro atoms. The summed E-state index contributed by atoms with van der Waals surface area (Å²) in [5.41, 5.74) is 7.70. The fraction of sp³-hybridized carbons (Fsp3) is 0.0769. The van der Waals surface area contributed by atoms with E-state index in [1.54, 1.807) is 12.1 Å². The molecular weight excluding hydrogens is 274 g/mol. The first kappa shape index (κ1) is 13.0. The largest absolute Gasteiger partial charge is 0.397 e. The van der Waals surface area contributed by atoms with Crippen LogP contribution in [0.2, 0.25) is 10.0 Å². The molecule has 2 aromatic rings. The molecule has 0 fully saturated rings. The minimum absolute atomic E-state index is 0.0181. The maximum absolute atomic E-state index is 13.3. The summed E-state index contributed by atoms with van der Waals surface area (Å²) in [6, 6.07) is 10.0. The lowest BCUT2D eigenvalue weighted by Crippen LogP contribution is -2.03. The fourth-order valence-electron chi connectivity index (χ4n) is 1.51. The zero-order chi connectivity index (χ0) is 13.1. The Bertz CT molecular complexity index is 556. The van der Waals surface area contributed by atoms with Crippen molar-refractivity contribution in [1.82, 2.24) is 0 Å². The third-order valence-electron chi connectivity index (χ3n) is 2.49. The third-order valence-corrected chi connectivity index (χ3v) is 3.03. The number of hydrogen-bond acceptors (Lipinski definition) is 2. The molecule has 0 atom stereocenters. The molecule has 2 aromatic carbocycles.